The van der Waals surface area contributed by atoms with E-state index >= 15 is 0 Å². The van der Waals surface area contributed by atoms with E-state index in [0.717, 1.165) is 11.3 Å². The van der Waals surface area contributed by atoms with Gasteiger partial charge >= 0.3 is 6.09 Å². The molecule has 5 nitrogen and oxygen atoms in total. The van der Waals surface area contributed by atoms with Crippen LogP contribution in [0.2, 0.25) is 0 Å². The van der Waals surface area contributed by atoms with Crippen LogP contribution >= 0.6 is 0 Å². The summed E-state index contributed by atoms with van der Waals surface area (Å²) >= 11 is 0. The van der Waals surface area contributed by atoms with E-state index in [9.17, 15) is 9.90 Å². The molecule has 110 valence electrons. The quantitative estimate of drug-likeness (QED) is 0.851. The van der Waals surface area contributed by atoms with Crippen LogP contribution in [0.5, 0.6) is 0 Å². The van der Waals surface area contributed by atoms with Gasteiger partial charge in [-0.1, -0.05) is 36.4 Å². The molecule has 0 radical (unpaired) electrons. The normalized spacial score (nSPS) is 11.7. The molecule has 0 bridgehead atoms. The molecule has 2 rings (SSSR count). The molecule has 1 aromatic carbocycles. The zero-order valence-electron chi connectivity index (χ0n) is 11.6. The summed E-state index contributed by atoms with van der Waals surface area (Å²) in [7, 11) is 0. The number of amides is 1. The Morgan fingerprint density at radius 2 is 1.95 bits per heavy atom. The SMILES string of the molecule is O=C(NC(CO)Cc1ccccn1)OCc1ccccc1. The Bertz CT molecular complexity index is 546. The summed E-state index contributed by atoms with van der Waals surface area (Å²) in [4.78, 5) is 15.9. The second-order valence-corrected chi connectivity index (χ2v) is 4.61. The van der Waals surface area contributed by atoms with Gasteiger partial charge in [-0.25, -0.2) is 4.79 Å². The van der Waals surface area contributed by atoms with Crippen LogP contribution in [0, 0.1) is 0 Å². The van der Waals surface area contributed by atoms with Crippen LogP contribution in [-0.4, -0.2) is 28.8 Å². The Balaban J connectivity index is 1.80. The Labute approximate surface area is 123 Å². The molecule has 0 spiro atoms. The van der Waals surface area contributed by atoms with Crippen molar-refractivity contribution >= 4 is 6.09 Å². The largest absolute Gasteiger partial charge is 0.445 e. The average molecular weight is 286 g/mol. The molecule has 0 aliphatic heterocycles. The van der Waals surface area contributed by atoms with Crippen LogP contribution in [0.1, 0.15) is 11.3 Å². The van der Waals surface area contributed by atoms with Gasteiger partial charge in [-0.15, -0.1) is 0 Å². The number of aliphatic hydroxyl groups excluding tert-OH is 1. The number of aliphatic hydroxyl groups is 1. The Morgan fingerprint density at radius 1 is 1.19 bits per heavy atom. The number of carbonyl (C=O) groups is 1. The molecule has 0 aliphatic rings. The minimum Gasteiger partial charge on any atom is -0.445 e. The van der Waals surface area contributed by atoms with Crippen molar-refractivity contribution in [1.82, 2.24) is 10.3 Å². The molecule has 0 fully saturated rings. The van der Waals surface area contributed by atoms with Crippen molar-refractivity contribution in [2.75, 3.05) is 6.61 Å². The number of ether oxygens (including phenoxy) is 1. The van der Waals surface area contributed by atoms with Gasteiger partial charge in [-0.2, -0.15) is 0 Å². The van der Waals surface area contributed by atoms with Gasteiger partial charge in [0.25, 0.3) is 0 Å². The second-order valence-electron chi connectivity index (χ2n) is 4.61. The monoisotopic (exact) mass is 286 g/mol. The number of hydrogen-bond acceptors (Lipinski definition) is 4. The fourth-order valence-corrected chi connectivity index (χ4v) is 1.86. The third-order valence-corrected chi connectivity index (χ3v) is 2.94. The maximum atomic E-state index is 11.7. The molecule has 2 aromatic rings. The zero-order valence-corrected chi connectivity index (χ0v) is 11.6. The molecule has 21 heavy (non-hydrogen) atoms. The minimum atomic E-state index is -0.547. The Morgan fingerprint density at radius 3 is 2.62 bits per heavy atom. The van der Waals surface area contributed by atoms with Gasteiger partial charge in [0.15, 0.2) is 0 Å². The summed E-state index contributed by atoms with van der Waals surface area (Å²) in [6, 6.07) is 14.5. The van der Waals surface area contributed by atoms with Gasteiger partial charge in [0.05, 0.1) is 12.6 Å². The van der Waals surface area contributed by atoms with Gasteiger partial charge in [0, 0.05) is 18.3 Å². The first-order chi connectivity index (χ1) is 10.3. The van der Waals surface area contributed by atoms with Crippen molar-refractivity contribution in [2.45, 2.75) is 19.1 Å². The lowest BCUT2D eigenvalue weighted by Gasteiger charge is -2.15. The van der Waals surface area contributed by atoms with Crippen LogP contribution in [0.25, 0.3) is 0 Å². The van der Waals surface area contributed by atoms with Crippen LogP contribution in [0.4, 0.5) is 4.79 Å². The maximum Gasteiger partial charge on any atom is 0.407 e. The topological polar surface area (TPSA) is 71.5 Å². The molecule has 0 aliphatic carbocycles. The van der Waals surface area contributed by atoms with E-state index in [2.05, 4.69) is 10.3 Å². The summed E-state index contributed by atoms with van der Waals surface area (Å²) in [5, 5.41) is 12.0. The standard InChI is InChI=1S/C16H18N2O3/c19-11-15(10-14-8-4-5-9-17-14)18-16(20)21-12-13-6-2-1-3-7-13/h1-9,15,19H,10-12H2,(H,18,20). The highest BCUT2D eigenvalue weighted by Crippen LogP contribution is 2.02. The third kappa shape index (κ3) is 5.24. The van der Waals surface area contributed by atoms with Gasteiger partial charge in [-0.3, -0.25) is 4.98 Å². The number of pyridine rings is 1. The van der Waals surface area contributed by atoms with E-state index in [0.29, 0.717) is 6.42 Å². The van der Waals surface area contributed by atoms with E-state index in [1.165, 1.54) is 0 Å². The lowest BCUT2D eigenvalue weighted by atomic mass is 10.1. The van der Waals surface area contributed by atoms with E-state index in [1.54, 1.807) is 6.20 Å². The van der Waals surface area contributed by atoms with E-state index in [4.69, 9.17) is 4.74 Å². The highest BCUT2D eigenvalue weighted by Gasteiger charge is 2.13. The number of alkyl carbamates (subject to hydrolysis) is 1. The zero-order chi connectivity index (χ0) is 14.9. The summed E-state index contributed by atoms with van der Waals surface area (Å²) in [5.74, 6) is 0. The van der Waals surface area contributed by atoms with E-state index < -0.39 is 12.1 Å². The lowest BCUT2D eigenvalue weighted by molar-refractivity contribution is 0.129. The van der Waals surface area contributed by atoms with Crippen LogP contribution < -0.4 is 5.32 Å². The van der Waals surface area contributed by atoms with Crippen LogP contribution in [-0.2, 0) is 17.8 Å². The van der Waals surface area contributed by atoms with Crippen molar-refractivity contribution < 1.29 is 14.6 Å². The van der Waals surface area contributed by atoms with Gasteiger partial charge < -0.3 is 15.2 Å². The molecular formula is C16H18N2O3. The van der Waals surface area contributed by atoms with Gasteiger partial charge in [-0.05, 0) is 17.7 Å². The first kappa shape index (κ1) is 15.0. The molecule has 0 saturated carbocycles. The second kappa shape index (κ2) is 8.01. The Hall–Kier alpha value is -2.40. The lowest BCUT2D eigenvalue weighted by Crippen LogP contribution is -2.39. The highest BCUT2D eigenvalue weighted by molar-refractivity contribution is 5.67. The summed E-state index contributed by atoms with van der Waals surface area (Å²) in [6.07, 6.45) is 1.59. The molecule has 1 aromatic heterocycles. The van der Waals surface area contributed by atoms with Gasteiger partial charge in [0.2, 0.25) is 0 Å². The van der Waals surface area contributed by atoms with Crippen molar-refractivity contribution in [2.24, 2.45) is 0 Å². The van der Waals surface area contributed by atoms with E-state index in [-0.39, 0.29) is 13.2 Å². The van der Waals surface area contributed by atoms with Crippen LogP contribution in [0.3, 0.4) is 0 Å². The van der Waals surface area contributed by atoms with E-state index in [1.807, 2.05) is 48.5 Å². The first-order valence-electron chi connectivity index (χ1n) is 6.76. The highest BCUT2D eigenvalue weighted by atomic mass is 16.5. The molecule has 1 amide bonds. The number of rotatable bonds is 6. The van der Waals surface area contributed by atoms with Crippen molar-refractivity contribution in [3.05, 3.63) is 66.0 Å². The summed E-state index contributed by atoms with van der Waals surface area (Å²) < 4.78 is 5.12. The van der Waals surface area contributed by atoms with Crippen LogP contribution in [0.15, 0.2) is 54.7 Å². The number of aromatic nitrogens is 1. The summed E-state index contributed by atoms with van der Waals surface area (Å²) in [6.45, 7) is 0.0332. The molecular weight excluding hydrogens is 268 g/mol. The van der Waals surface area contributed by atoms with Crippen molar-refractivity contribution in [3.8, 4) is 0 Å². The smallest absolute Gasteiger partial charge is 0.407 e. The molecule has 5 heteroatoms. The molecule has 0 saturated heterocycles. The minimum absolute atomic E-state index is 0.170. The number of nitrogens with zero attached hydrogens (tertiary/aromatic N) is 1. The predicted molar refractivity (Wildman–Crippen MR) is 78.6 cm³/mol. The average Bonchev–Trinajstić information content (AvgIpc) is 2.54. The number of benzene rings is 1. The molecule has 2 N–H and O–H groups in total. The predicted octanol–water partition coefficient (Wildman–Crippen LogP) is 1.91. The van der Waals surface area contributed by atoms with Crippen molar-refractivity contribution in [3.63, 3.8) is 0 Å². The number of carbonyl (C=O) groups excluding carboxylic acids is 1. The summed E-state index contributed by atoms with van der Waals surface area (Å²) in [5.41, 5.74) is 1.72. The molecule has 1 heterocycles. The first-order valence-corrected chi connectivity index (χ1v) is 6.76. The van der Waals surface area contributed by atoms with Gasteiger partial charge in [0.1, 0.15) is 6.61 Å². The number of nitrogens with one attached hydrogen (secondary N) is 1. The number of hydrogen-bond donors (Lipinski definition) is 2. The maximum absolute atomic E-state index is 11.7. The van der Waals surface area contributed by atoms with Crippen molar-refractivity contribution in [1.29, 1.82) is 0 Å². The third-order valence-electron chi connectivity index (χ3n) is 2.94. The fraction of sp³-hybridized carbons (Fsp3) is 0.250. The Kier molecular flexibility index (Phi) is 5.72. The fourth-order valence-electron chi connectivity index (χ4n) is 1.86. The molecule has 1 atom stereocenters. The molecule has 1 unspecified atom stereocenters.